The van der Waals surface area contributed by atoms with Gasteiger partial charge in [-0.15, -0.1) is 0 Å². The van der Waals surface area contributed by atoms with Crippen LogP contribution in [0.4, 0.5) is 0 Å². The predicted octanol–water partition coefficient (Wildman–Crippen LogP) is 3.54. The van der Waals surface area contributed by atoms with E-state index in [1.807, 2.05) is 0 Å². The van der Waals surface area contributed by atoms with Crippen LogP contribution in [-0.4, -0.2) is 24.0 Å². The summed E-state index contributed by atoms with van der Waals surface area (Å²) < 4.78 is 0. The molecule has 1 nitrogen and oxygen atoms in total. The number of piperidine rings is 1. The molecule has 15 heavy (non-hydrogen) atoms. The van der Waals surface area contributed by atoms with E-state index in [4.69, 9.17) is 0 Å². The van der Waals surface area contributed by atoms with Crippen molar-refractivity contribution in [3.05, 3.63) is 0 Å². The first kappa shape index (κ1) is 11.4. The SMILES string of the molecule is CCC1CC[C@@H]2CCN(C(C)C)C[C@@H]2C1. The van der Waals surface area contributed by atoms with Crippen LogP contribution in [0.25, 0.3) is 0 Å². The Morgan fingerprint density at radius 1 is 1.13 bits per heavy atom. The van der Waals surface area contributed by atoms with Crippen LogP contribution in [0.3, 0.4) is 0 Å². The molecule has 0 aromatic carbocycles. The fourth-order valence-electron chi connectivity index (χ4n) is 3.59. The van der Waals surface area contributed by atoms with Crippen LogP contribution < -0.4 is 0 Å². The Balaban J connectivity index is 1.91. The molecule has 1 unspecified atom stereocenters. The van der Waals surface area contributed by atoms with Crippen LogP contribution in [0.15, 0.2) is 0 Å². The Bertz CT molecular complexity index is 200. The van der Waals surface area contributed by atoms with Gasteiger partial charge in [-0.05, 0) is 57.4 Å². The summed E-state index contributed by atoms with van der Waals surface area (Å²) in [5.74, 6) is 3.14. The molecule has 0 aromatic rings. The summed E-state index contributed by atoms with van der Waals surface area (Å²) in [5, 5.41) is 0. The molecule has 0 amide bonds. The van der Waals surface area contributed by atoms with Crippen molar-refractivity contribution in [2.45, 2.75) is 58.9 Å². The number of nitrogens with zero attached hydrogens (tertiary/aromatic N) is 1. The van der Waals surface area contributed by atoms with E-state index in [2.05, 4.69) is 25.7 Å². The van der Waals surface area contributed by atoms with Crippen LogP contribution in [0, 0.1) is 17.8 Å². The number of hydrogen-bond donors (Lipinski definition) is 0. The van der Waals surface area contributed by atoms with Crippen molar-refractivity contribution in [3.8, 4) is 0 Å². The second-order valence-corrected chi connectivity index (χ2v) is 5.98. The molecule has 0 spiro atoms. The summed E-state index contributed by atoms with van der Waals surface area (Å²) in [6, 6.07) is 0.757. The molecule has 1 saturated carbocycles. The van der Waals surface area contributed by atoms with E-state index in [-0.39, 0.29) is 0 Å². The molecule has 3 atom stereocenters. The Morgan fingerprint density at radius 3 is 2.60 bits per heavy atom. The number of likely N-dealkylation sites (tertiary alicyclic amines) is 1. The van der Waals surface area contributed by atoms with Gasteiger partial charge in [0.05, 0.1) is 0 Å². The minimum Gasteiger partial charge on any atom is -0.301 e. The molecule has 0 bridgehead atoms. The molecule has 1 aliphatic heterocycles. The lowest BCUT2D eigenvalue weighted by Crippen LogP contribution is -2.45. The average molecular weight is 209 g/mol. The van der Waals surface area contributed by atoms with Crippen molar-refractivity contribution in [2.24, 2.45) is 17.8 Å². The quantitative estimate of drug-likeness (QED) is 0.672. The van der Waals surface area contributed by atoms with Crippen molar-refractivity contribution in [1.82, 2.24) is 4.90 Å². The second kappa shape index (κ2) is 4.86. The first-order valence-corrected chi connectivity index (χ1v) is 6.94. The molecule has 2 rings (SSSR count). The van der Waals surface area contributed by atoms with E-state index in [0.29, 0.717) is 0 Å². The maximum Gasteiger partial charge on any atom is 0.00387 e. The van der Waals surface area contributed by atoms with Gasteiger partial charge in [-0.25, -0.2) is 0 Å². The van der Waals surface area contributed by atoms with Crippen molar-refractivity contribution in [1.29, 1.82) is 0 Å². The predicted molar refractivity (Wildman–Crippen MR) is 65.9 cm³/mol. The zero-order valence-corrected chi connectivity index (χ0v) is 10.7. The molecular formula is C14H27N. The highest BCUT2D eigenvalue weighted by molar-refractivity contribution is 4.87. The van der Waals surface area contributed by atoms with Gasteiger partial charge in [0.1, 0.15) is 0 Å². The fraction of sp³-hybridized carbons (Fsp3) is 1.00. The first-order valence-electron chi connectivity index (χ1n) is 6.94. The Morgan fingerprint density at radius 2 is 1.93 bits per heavy atom. The maximum absolute atomic E-state index is 2.69. The van der Waals surface area contributed by atoms with Gasteiger partial charge in [0.15, 0.2) is 0 Å². The lowest BCUT2D eigenvalue weighted by Gasteiger charge is -2.45. The van der Waals surface area contributed by atoms with Gasteiger partial charge >= 0.3 is 0 Å². The summed E-state index contributed by atoms with van der Waals surface area (Å²) in [4.78, 5) is 2.69. The molecule has 1 aliphatic carbocycles. The fourth-order valence-corrected chi connectivity index (χ4v) is 3.59. The molecule has 1 heterocycles. The average Bonchev–Trinajstić information content (AvgIpc) is 2.27. The molecule has 1 saturated heterocycles. The first-order chi connectivity index (χ1) is 7.20. The lowest BCUT2D eigenvalue weighted by atomic mass is 9.70. The van der Waals surface area contributed by atoms with Crippen molar-refractivity contribution in [2.75, 3.05) is 13.1 Å². The summed E-state index contributed by atoms with van der Waals surface area (Å²) in [5.41, 5.74) is 0. The van der Waals surface area contributed by atoms with E-state index < -0.39 is 0 Å². The van der Waals surface area contributed by atoms with E-state index in [9.17, 15) is 0 Å². The largest absolute Gasteiger partial charge is 0.301 e. The standard InChI is InChI=1S/C14H27N/c1-4-12-5-6-13-7-8-15(11(2)3)10-14(13)9-12/h11-14H,4-10H2,1-3H3/t12?,13-,14+/m1/s1. The minimum absolute atomic E-state index is 0.757. The molecular weight excluding hydrogens is 182 g/mol. The molecule has 0 N–H and O–H groups in total. The van der Waals surface area contributed by atoms with Crippen LogP contribution in [0.2, 0.25) is 0 Å². The van der Waals surface area contributed by atoms with Crippen LogP contribution in [0.5, 0.6) is 0 Å². The second-order valence-electron chi connectivity index (χ2n) is 5.98. The van der Waals surface area contributed by atoms with Gasteiger partial charge < -0.3 is 4.90 Å². The third-order valence-corrected chi connectivity index (χ3v) is 4.81. The Labute approximate surface area is 95.2 Å². The normalized spacial score (nSPS) is 38.0. The van der Waals surface area contributed by atoms with E-state index >= 15 is 0 Å². The Hall–Kier alpha value is -0.0400. The highest BCUT2D eigenvalue weighted by atomic mass is 15.2. The third kappa shape index (κ3) is 2.55. The van der Waals surface area contributed by atoms with Gasteiger partial charge in [0, 0.05) is 12.6 Å². The number of fused-ring (bicyclic) bond motifs is 1. The Kier molecular flexibility index (Phi) is 3.71. The summed E-state index contributed by atoms with van der Waals surface area (Å²) in [7, 11) is 0. The van der Waals surface area contributed by atoms with Gasteiger partial charge in [0.2, 0.25) is 0 Å². The molecule has 1 heteroatoms. The van der Waals surface area contributed by atoms with Gasteiger partial charge in [-0.1, -0.05) is 19.8 Å². The van der Waals surface area contributed by atoms with Crippen molar-refractivity contribution < 1.29 is 0 Å². The molecule has 88 valence electrons. The van der Waals surface area contributed by atoms with E-state index in [1.54, 1.807) is 0 Å². The lowest BCUT2D eigenvalue weighted by molar-refractivity contribution is 0.0478. The van der Waals surface area contributed by atoms with Crippen LogP contribution >= 0.6 is 0 Å². The summed E-state index contributed by atoms with van der Waals surface area (Å²) in [6.07, 6.45) is 7.43. The van der Waals surface area contributed by atoms with Gasteiger partial charge in [0.25, 0.3) is 0 Å². The molecule has 0 aromatic heterocycles. The topological polar surface area (TPSA) is 3.24 Å². The highest BCUT2D eigenvalue weighted by Gasteiger charge is 2.34. The summed E-state index contributed by atoms with van der Waals surface area (Å²) >= 11 is 0. The monoisotopic (exact) mass is 209 g/mol. The summed E-state index contributed by atoms with van der Waals surface area (Å²) in [6.45, 7) is 9.81. The van der Waals surface area contributed by atoms with Crippen molar-refractivity contribution in [3.63, 3.8) is 0 Å². The zero-order valence-electron chi connectivity index (χ0n) is 10.7. The van der Waals surface area contributed by atoms with Gasteiger partial charge in [-0.3, -0.25) is 0 Å². The smallest absolute Gasteiger partial charge is 0.00387 e. The molecule has 2 aliphatic rings. The van der Waals surface area contributed by atoms with Crippen LogP contribution in [0.1, 0.15) is 52.9 Å². The number of rotatable bonds is 2. The maximum atomic E-state index is 2.69. The van der Waals surface area contributed by atoms with Crippen LogP contribution in [-0.2, 0) is 0 Å². The zero-order chi connectivity index (χ0) is 10.8. The highest BCUT2D eigenvalue weighted by Crippen LogP contribution is 2.40. The molecule has 0 radical (unpaired) electrons. The third-order valence-electron chi connectivity index (χ3n) is 4.81. The van der Waals surface area contributed by atoms with Crippen molar-refractivity contribution >= 4 is 0 Å². The van der Waals surface area contributed by atoms with E-state index in [0.717, 1.165) is 23.8 Å². The molecule has 2 fully saturated rings. The minimum atomic E-state index is 0.757. The van der Waals surface area contributed by atoms with E-state index in [1.165, 1.54) is 45.2 Å². The number of hydrogen-bond acceptors (Lipinski definition) is 1. The van der Waals surface area contributed by atoms with Gasteiger partial charge in [-0.2, -0.15) is 0 Å².